The van der Waals surface area contributed by atoms with Gasteiger partial charge < -0.3 is 25.0 Å². The summed E-state index contributed by atoms with van der Waals surface area (Å²) in [5.74, 6) is 2.27. The van der Waals surface area contributed by atoms with Crippen LogP contribution in [0.4, 0.5) is 23.0 Å². The van der Waals surface area contributed by atoms with Crippen LogP contribution in [0, 0.1) is 6.92 Å². The Balaban J connectivity index is 1.41. The predicted molar refractivity (Wildman–Crippen MR) is 107 cm³/mol. The number of aromatic nitrogens is 2. The van der Waals surface area contributed by atoms with Crippen LogP contribution in [0.2, 0.25) is 0 Å². The smallest absolute Gasteiger partial charge is 0.253 e. The highest BCUT2D eigenvalue weighted by Gasteiger charge is 2.23. The number of benzene rings is 1. The van der Waals surface area contributed by atoms with Crippen molar-refractivity contribution < 1.29 is 14.3 Å². The van der Waals surface area contributed by atoms with E-state index >= 15 is 0 Å². The summed E-state index contributed by atoms with van der Waals surface area (Å²) in [7, 11) is 0. The number of nitrogens with one attached hydrogen (secondary N) is 2. The Morgan fingerprint density at radius 2 is 1.86 bits per heavy atom. The van der Waals surface area contributed by atoms with Crippen LogP contribution in [0.5, 0.6) is 0 Å². The quantitative estimate of drug-likeness (QED) is 0.820. The Hall–Kier alpha value is -2.71. The molecule has 2 N–H and O–H groups in total. The predicted octanol–water partition coefficient (Wildman–Crippen LogP) is 2.48. The molecule has 1 amide bonds. The van der Waals surface area contributed by atoms with Crippen LogP contribution in [-0.2, 0) is 14.3 Å². The van der Waals surface area contributed by atoms with E-state index in [1.165, 1.54) is 0 Å². The zero-order valence-electron chi connectivity index (χ0n) is 16.0. The standard InChI is InChI=1S/C20H25N5O3/c1-14-21-18(13-19(22-14)25-8-11-27-12-9-25)23-15-4-6-16(7-5-15)24-20(26)17-3-2-10-28-17/h4-7,13,17H,2-3,8-12H2,1H3,(H,24,26)(H,21,22,23)/t17-/m1/s1. The molecule has 2 aromatic rings. The Morgan fingerprint density at radius 1 is 1.11 bits per heavy atom. The van der Waals surface area contributed by atoms with E-state index < -0.39 is 0 Å². The lowest BCUT2D eigenvalue weighted by molar-refractivity contribution is -0.124. The number of anilines is 4. The van der Waals surface area contributed by atoms with E-state index in [-0.39, 0.29) is 12.0 Å². The zero-order valence-corrected chi connectivity index (χ0v) is 16.0. The third kappa shape index (κ3) is 4.58. The first kappa shape index (κ1) is 18.6. The molecule has 148 valence electrons. The number of morpholine rings is 1. The molecule has 2 aliphatic heterocycles. The fourth-order valence-corrected chi connectivity index (χ4v) is 3.36. The number of hydrogen-bond acceptors (Lipinski definition) is 7. The molecule has 2 saturated heterocycles. The van der Waals surface area contributed by atoms with Crippen molar-refractivity contribution in [3.63, 3.8) is 0 Å². The van der Waals surface area contributed by atoms with Gasteiger partial charge in [-0.05, 0) is 44.0 Å². The number of aryl methyl sites for hydroxylation is 1. The lowest BCUT2D eigenvalue weighted by atomic mass is 10.2. The topological polar surface area (TPSA) is 88.6 Å². The second-order valence-corrected chi connectivity index (χ2v) is 6.95. The van der Waals surface area contributed by atoms with Crippen LogP contribution in [-0.4, -0.2) is 54.9 Å². The largest absolute Gasteiger partial charge is 0.378 e. The molecule has 0 aliphatic carbocycles. The minimum absolute atomic E-state index is 0.0835. The molecule has 2 aliphatic rings. The van der Waals surface area contributed by atoms with Gasteiger partial charge in [-0.2, -0.15) is 0 Å². The highest BCUT2D eigenvalue weighted by molar-refractivity contribution is 5.94. The molecule has 0 saturated carbocycles. The Bertz CT molecular complexity index is 815. The Morgan fingerprint density at radius 3 is 2.57 bits per heavy atom. The average molecular weight is 383 g/mol. The van der Waals surface area contributed by atoms with E-state index in [0.29, 0.717) is 25.6 Å². The van der Waals surface area contributed by atoms with Gasteiger partial charge in [0.25, 0.3) is 5.91 Å². The third-order valence-electron chi connectivity index (χ3n) is 4.81. The number of amides is 1. The van der Waals surface area contributed by atoms with Crippen LogP contribution in [0.3, 0.4) is 0 Å². The van der Waals surface area contributed by atoms with Gasteiger partial charge in [0.05, 0.1) is 13.2 Å². The first-order valence-corrected chi connectivity index (χ1v) is 9.65. The summed E-state index contributed by atoms with van der Waals surface area (Å²) in [6.45, 7) is 5.63. The van der Waals surface area contributed by atoms with Gasteiger partial charge in [0.2, 0.25) is 0 Å². The molecule has 0 spiro atoms. The lowest BCUT2D eigenvalue weighted by Gasteiger charge is -2.28. The van der Waals surface area contributed by atoms with Crippen LogP contribution >= 0.6 is 0 Å². The fraction of sp³-hybridized carbons (Fsp3) is 0.450. The summed E-state index contributed by atoms with van der Waals surface area (Å²) in [6, 6.07) is 9.51. The number of hydrogen-bond donors (Lipinski definition) is 2. The molecular weight excluding hydrogens is 358 g/mol. The molecule has 0 radical (unpaired) electrons. The summed E-state index contributed by atoms with van der Waals surface area (Å²) in [5.41, 5.74) is 1.64. The molecule has 2 fully saturated rings. The van der Waals surface area contributed by atoms with Crippen molar-refractivity contribution in [2.75, 3.05) is 48.4 Å². The first-order valence-electron chi connectivity index (χ1n) is 9.65. The maximum atomic E-state index is 12.1. The highest BCUT2D eigenvalue weighted by Crippen LogP contribution is 2.22. The van der Waals surface area contributed by atoms with Crippen LogP contribution in [0.25, 0.3) is 0 Å². The minimum Gasteiger partial charge on any atom is -0.378 e. The number of carbonyl (C=O) groups excluding carboxylic acids is 1. The molecule has 1 aromatic heterocycles. The van der Waals surface area contributed by atoms with Gasteiger partial charge in [0.1, 0.15) is 23.6 Å². The second kappa shape index (κ2) is 8.53. The van der Waals surface area contributed by atoms with Gasteiger partial charge in [-0.25, -0.2) is 9.97 Å². The SMILES string of the molecule is Cc1nc(Nc2ccc(NC(=O)[C@H]3CCCO3)cc2)cc(N2CCOCC2)n1. The molecule has 28 heavy (non-hydrogen) atoms. The molecule has 3 heterocycles. The second-order valence-electron chi connectivity index (χ2n) is 6.95. The average Bonchev–Trinajstić information content (AvgIpc) is 3.25. The molecule has 1 atom stereocenters. The van der Waals surface area contributed by atoms with Gasteiger partial charge in [-0.1, -0.05) is 0 Å². The lowest BCUT2D eigenvalue weighted by Crippen LogP contribution is -2.36. The summed E-state index contributed by atoms with van der Waals surface area (Å²) in [6.07, 6.45) is 1.39. The molecule has 8 heteroatoms. The third-order valence-corrected chi connectivity index (χ3v) is 4.81. The number of carbonyl (C=O) groups is 1. The Labute approximate surface area is 164 Å². The fourth-order valence-electron chi connectivity index (χ4n) is 3.36. The van der Waals surface area contributed by atoms with Gasteiger partial charge in [-0.15, -0.1) is 0 Å². The monoisotopic (exact) mass is 383 g/mol. The van der Waals surface area contributed by atoms with Crippen LogP contribution in [0.15, 0.2) is 30.3 Å². The van der Waals surface area contributed by atoms with Gasteiger partial charge in [-0.3, -0.25) is 4.79 Å². The molecule has 8 nitrogen and oxygen atoms in total. The summed E-state index contributed by atoms with van der Waals surface area (Å²) >= 11 is 0. The van der Waals surface area contributed by atoms with Crippen molar-refractivity contribution in [3.8, 4) is 0 Å². The Kier molecular flexibility index (Phi) is 5.68. The summed E-state index contributed by atoms with van der Waals surface area (Å²) in [5, 5.41) is 6.21. The van der Waals surface area contributed by atoms with Crippen molar-refractivity contribution in [1.82, 2.24) is 9.97 Å². The maximum Gasteiger partial charge on any atom is 0.253 e. The van der Waals surface area contributed by atoms with E-state index in [9.17, 15) is 4.79 Å². The number of ether oxygens (including phenoxy) is 2. The summed E-state index contributed by atoms with van der Waals surface area (Å²) < 4.78 is 10.8. The van der Waals surface area contributed by atoms with Gasteiger partial charge in [0.15, 0.2) is 0 Å². The van der Waals surface area contributed by atoms with Crippen LogP contribution in [0.1, 0.15) is 18.7 Å². The van der Waals surface area contributed by atoms with Crippen molar-refractivity contribution in [2.45, 2.75) is 25.9 Å². The first-order chi connectivity index (χ1) is 13.7. The summed E-state index contributed by atoms with van der Waals surface area (Å²) in [4.78, 5) is 23.4. The van der Waals surface area contributed by atoms with Crippen LogP contribution < -0.4 is 15.5 Å². The van der Waals surface area contributed by atoms with E-state index in [4.69, 9.17) is 9.47 Å². The van der Waals surface area contributed by atoms with Gasteiger partial charge >= 0.3 is 0 Å². The van der Waals surface area contributed by atoms with Crippen molar-refractivity contribution in [2.24, 2.45) is 0 Å². The van der Waals surface area contributed by atoms with E-state index in [2.05, 4.69) is 25.5 Å². The minimum atomic E-state index is -0.333. The molecule has 4 rings (SSSR count). The van der Waals surface area contributed by atoms with Gasteiger partial charge in [0, 0.05) is 37.1 Å². The molecule has 0 unspecified atom stereocenters. The normalized spacial score (nSPS) is 19.5. The molecule has 1 aromatic carbocycles. The van der Waals surface area contributed by atoms with E-state index in [1.807, 2.05) is 37.3 Å². The van der Waals surface area contributed by atoms with Crippen molar-refractivity contribution in [3.05, 3.63) is 36.2 Å². The van der Waals surface area contributed by atoms with Crippen molar-refractivity contribution in [1.29, 1.82) is 0 Å². The number of nitrogens with zero attached hydrogens (tertiary/aromatic N) is 3. The number of rotatable bonds is 5. The maximum absolute atomic E-state index is 12.1. The van der Waals surface area contributed by atoms with Crippen molar-refractivity contribution >= 4 is 28.9 Å². The van der Waals surface area contributed by atoms with E-state index in [0.717, 1.165) is 48.9 Å². The zero-order chi connectivity index (χ0) is 19.3. The highest BCUT2D eigenvalue weighted by atomic mass is 16.5. The molecule has 0 bridgehead atoms. The molecular formula is C20H25N5O3. The van der Waals surface area contributed by atoms with E-state index in [1.54, 1.807) is 0 Å².